The largest absolute Gasteiger partial charge is 0.466 e. The van der Waals surface area contributed by atoms with Crippen LogP contribution in [0.1, 0.15) is 290 Å². The van der Waals surface area contributed by atoms with Gasteiger partial charge in [0.1, 0.15) is 0 Å². The van der Waals surface area contributed by atoms with Crippen LogP contribution in [-0.2, 0) is 28.6 Å². The van der Waals surface area contributed by atoms with Crippen LogP contribution in [-0.4, -0.2) is 55.0 Å². The van der Waals surface area contributed by atoms with Crippen LogP contribution in [0.25, 0.3) is 0 Å². The summed E-state index contributed by atoms with van der Waals surface area (Å²) in [6, 6.07) is 0. The molecule has 6 nitrogen and oxygen atoms in total. The number of ether oxygens (including phenoxy) is 3. The van der Waals surface area contributed by atoms with E-state index in [2.05, 4.69) is 20.8 Å². The zero-order valence-electron chi connectivity index (χ0n) is 42.6. The fourth-order valence-electron chi connectivity index (χ4n) is 7.86. The van der Waals surface area contributed by atoms with Crippen LogP contribution in [0.15, 0.2) is 0 Å². The summed E-state index contributed by atoms with van der Waals surface area (Å²) < 4.78 is 16.7. The number of esters is 3. The Kier molecular flexibility index (Phi) is 55.4. The molecule has 380 valence electrons. The van der Waals surface area contributed by atoms with Crippen molar-refractivity contribution < 1.29 is 28.6 Å². The molecule has 0 bridgehead atoms. The highest BCUT2D eigenvalue weighted by molar-refractivity contribution is 9.12. The van der Waals surface area contributed by atoms with E-state index in [4.69, 9.17) is 14.2 Å². The van der Waals surface area contributed by atoms with Crippen LogP contribution in [0.3, 0.4) is 0 Å². The quantitative estimate of drug-likeness (QED) is 0.0256. The summed E-state index contributed by atoms with van der Waals surface area (Å²) in [7, 11) is 0. The van der Waals surface area contributed by atoms with Crippen LogP contribution >= 0.6 is 39.7 Å². The Morgan fingerprint density at radius 2 is 0.453 bits per heavy atom. The maximum Gasteiger partial charge on any atom is 0.306 e. The second-order valence-corrected chi connectivity index (χ2v) is 28.5. The molecule has 0 fully saturated rings. The number of rotatable bonds is 54. The minimum Gasteiger partial charge on any atom is -0.466 e. The van der Waals surface area contributed by atoms with Gasteiger partial charge in [0.15, 0.2) is 0 Å². The molecular weight excluding hydrogens is 872 g/mol. The minimum atomic E-state index is -0.624. The molecule has 0 saturated heterocycles. The SMILES string of the molecule is CCCCCCCCCCCCCCCOC(=O)CCSP(SCCC(=O)OCCCCCCCCCCCCCCC)SCCC(=O)OCCCCCCCCCCCCCCC. The van der Waals surface area contributed by atoms with Gasteiger partial charge in [-0.2, -0.15) is 0 Å². The molecule has 0 rings (SSSR count). The fraction of sp³-hybridized carbons (Fsp3) is 0.944. The van der Waals surface area contributed by atoms with Gasteiger partial charge in [-0.15, -0.1) is 34.1 Å². The third kappa shape index (κ3) is 52.9. The summed E-state index contributed by atoms with van der Waals surface area (Å²) in [5, 5.41) is 0. The lowest BCUT2D eigenvalue weighted by atomic mass is 10.0. The predicted octanol–water partition coefficient (Wildman–Crippen LogP) is 19.5. The summed E-state index contributed by atoms with van der Waals surface area (Å²) in [5.41, 5.74) is -0.624. The van der Waals surface area contributed by atoms with Crippen LogP contribution in [0, 0.1) is 0 Å². The van der Waals surface area contributed by atoms with Crippen molar-refractivity contribution in [3.8, 4) is 0 Å². The lowest BCUT2D eigenvalue weighted by molar-refractivity contribution is -0.144. The van der Waals surface area contributed by atoms with Crippen LogP contribution in [0.2, 0.25) is 0 Å². The number of carbonyl (C=O) groups is 3. The number of unbranched alkanes of at least 4 members (excludes halogenated alkanes) is 36. The highest BCUT2D eigenvalue weighted by Gasteiger charge is 2.16. The first-order valence-corrected chi connectivity index (χ1v) is 33.8. The van der Waals surface area contributed by atoms with Crippen molar-refractivity contribution in [1.82, 2.24) is 0 Å². The summed E-state index contributed by atoms with van der Waals surface area (Å²) >= 11 is 5.34. The van der Waals surface area contributed by atoms with E-state index < -0.39 is 5.53 Å². The Hall–Kier alpha value is -0.110. The Balaban J connectivity index is 4.27. The molecule has 64 heavy (non-hydrogen) atoms. The predicted molar refractivity (Wildman–Crippen MR) is 288 cm³/mol. The highest BCUT2D eigenvalue weighted by Crippen LogP contribution is 2.70. The molecule has 10 heteroatoms. The molecule has 0 aliphatic heterocycles. The molecule has 0 radical (unpaired) electrons. The molecule has 0 amide bonds. The van der Waals surface area contributed by atoms with Crippen molar-refractivity contribution in [3.05, 3.63) is 0 Å². The van der Waals surface area contributed by atoms with Gasteiger partial charge in [0.2, 0.25) is 0 Å². The van der Waals surface area contributed by atoms with Gasteiger partial charge in [-0.3, -0.25) is 14.4 Å². The van der Waals surface area contributed by atoms with Gasteiger partial charge in [-0.25, -0.2) is 0 Å². The Morgan fingerprint density at radius 1 is 0.281 bits per heavy atom. The summed E-state index contributed by atoms with van der Waals surface area (Å²) in [6.07, 6.45) is 52.0. The molecule has 0 aromatic heterocycles. The lowest BCUT2D eigenvalue weighted by Gasteiger charge is -2.15. The third-order valence-electron chi connectivity index (χ3n) is 12.0. The lowest BCUT2D eigenvalue weighted by Crippen LogP contribution is -2.07. The monoisotopic (exact) mass is 977 g/mol. The zero-order chi connectivity index (χ0) is 46.5. The number of hydrogen-bond acceptors (Lipinski definition) is 9. The van der Waals surface area contributed by atoms with Crippen molar-refractivity contribution >= 4 is 57.6 Å². The van der Waals surface area contributed by atoms with Crippen molar-refractivity contribution in [3.63, 3.8) is 0 Å². The maximum absolute atomic E-state index is 12.5. The Bertz CT molecular complexity index is 856. The molecular formula is C54H105O6PS3. The van der Waals surface area contributed by atoms with E-state index in [1.807, 2.05) is 0 Å². The van der Waals surface area contributed by atoms with Crippen molar-refractivity contribution in [2.45, 2.75) is 290 Å². The highest BCUT2D eigenvalue weighted by atomic mass is 33.4. The molecule has 0 unspecified atom stereocenters. The van der Waals surface area contributed by atoms with Gasteiger partial charge in [0.25, 0.3) is 0 Å². The molecule has 0 aromatic rings. The molecule has 0 aliphatic rings. The van der Waals surface area contributed by atoms with E-state index >= 15 is 0 Å². The van der Waals surface area contributed by atoms with Crippen molar-refractivity contribution in [1.29, 1.82) is 0 Å². The Morgan fingerprint density at radius 3 is 0.641 bits per heavy atom. The van der Waals surface area contributed by atoms with Gasteiger partial charge < -0.3 is 14.2 Å². The molecule has 0 heterocycles. The van der Waals surface area contributed by atoms with E-state index in [1.165, 1.54) is 212 Å². The topological polar surface area (TPSA) is 78.9 Å². The first kappa shape index (κ1) is 63.9. The van der Waals surface area contributed by atoms with Crippen LogP contribution in [0.4, 0.5) is 0 Å². The maximum atomic E-state index is 12.5. The number of carbonyl (C=O) groups excluding carboxylic acids is 3. The van der Waals surface area contributed by atoms with Gasteiger partial charge in [-0.05, 0) is 19.3 Å². The summed E-state index contributed by atoms with van der Waals surface area (Å²) in [4.78, 5) is 37.6. The standard InChI is InChI=1S/C54H105O6PS3/c1-4-7-10-13-16-19-22-25-28-31-34-37-40-46-58-52(55)43-49-62-61(63-50-44-53(56)59-47-41-38-35-32-29-26-23-20-17-14-11-8-5-2)64-51-45-54(57)60-48-42-39-36-33-30-27-24-21-18-15-12-9-6-3/h4-51H2,1-3H3. The van der Waals surface area contributed by atoms with Gasteiger partial charge in [0.05, 0.1) is 44.6 Å². The molecule has 0 aromatic carbocycles. The second-order valence-electron chi connectivity index (χ2n) is 18.4. The average molecular weight is 978 g/mol. The third-order valence-corrected chi connectivity index (χ3v) is 23.1. The first-order chi connectivity index (χ1) is 31.5. The normalized spacial score (nSPS) is 11.4. The molecule has 0 spiro atoms. The van der Waals surface area contributed by atoms with E-state index in [9.17, 15) is 14.4 Å². The summed E-state index contributed by atoms with van der Waals surface area (Å²) in [6.45, 7) is 8.37. The molecule has 0 atom stereocenters. The van der Waals surface area contributed by atoms with E-state index in [1.54, 1.807) is 34.1 Å². The van der Waals surface area contributed by atoms with E-state index in [0.717, 1.165) is 38.5 Å². The minimum absolute atomic E-state index is 0.120. The van der Waals surface area contributed by atoms with E-state index in [0.29, 0.717) is 56.3 Å². The van der Waals surface area contributed by atoms with Crippen LogP contribution < -0.4 is 0 Å². The van der Waals surface area contributed by atoms with Crippen LogP contribution in [0.5, 0.6) is 0 Å². The van der Waals surface area contributed by atoms with Gasteiger partial charge >= 0.3 is 17.9 Å². The summed E-state index contributed by atoms with van der Waals surface area (Å²) in [5.74, 6) is 1.71. The van der Waals surface area contributed by atoms with Crippen molar-refractivity contribution in [2.24, 2.45) is 0 Å². The molecule has 0 N–H and O–H groups in total. The molecule has 0 saturated carbocycles. The van der Waals surface area contributed by atoms with Gasteiger partial charge in [0, 0.05) is 17.3 Å². The fourth-order valence-corrected chi connectivity index (χ4v) is 18.2. The average Bonchev–Trinajstić information content (AvgIpc) is 3.29. The van der Waals surface area contributed by atoms with E-state index in [-0.39, 0.29) is 17.9 Å². The Labute approximate surface area is 411 Å². The zero-order valence-corrected chi connectivity index (χ0v) is 45.9. The number of hydrogen-bond donors (Lipinski definition) is 0. The first-order valence-electron chi connectivity index (χ1n) is 27.7. The molecule has 0 aliphatic carbocycles. The van der Waals surface area contributed by atoms with Gasteiger partial charge in [-0.1, -0.05) is 252 Å². The van der Waals surface area contributed by atoms with Crippen molar-refractivity contribution in [2.75, 3.05) is 37.1 Å². The smallest absolute Gasteiger partial charge is 0.306 e. The second kappa shape index (κ2) is 55.5.